The Labute approximate surface area is 141 Å². The molecule has 23 heavy (non-hydrogen) atoms. The number of nitrogens with zero attached hydrogens (tertiary/aromatic N) is 1. The van der Waals surface area contributed by atoms with Gasteiger partial charge < -0.3 is 5.32 Å². The van der Waals surface area contributed by atoms with E-state index in [9.17, 15) is 18.0 Å². The van der Waals surface area contributed by atoms with Crippen LogP contribution in [0.4, 0.5) is 4.79 Å². The molecule has 8 heteroatoms. The Kier molecular flexibility index (Phi) is 3.95. The third kappa shape index (κ3) is 2.75. The first-order chi connectivity index (χ1) is 10.9. The van der Waals surface area contributed by atoms with Gasteiger partial charge >= 0.3 is 6.03 Å². The highest BCUT2D eigenvalue weighted by Gasteiger charge is 2.45. The fourth-order valence-corrected chi connectivity index (χ4v) is 4.21. The van der Waals surface area contributed by atoms with Gasteiger partial charge in [-0.05, 0) is 29.8 Å². The lowest BCUT2D eigenvalue weighted by Crippen LogP contribution is -2.43. The van der Waals surface area contributed by atoms with Crippen molar-refractivity contribution in [2.45, 2.75) is 11.4 Å². The van der Waals surface area contributed by atoms with Crippen LogP contribution in [0.3, 0.4) is 0 Å². The quantitative estimate of drug-likeness (QED) is 0.847. The molecule has 6 nitrogen and oxygen atoms in total. The summed E-state index contributed by atoms with van der Waals surface area (Å²) in [5.74, 6) is -0.840. The number of hydrogen-bond donors (Lipinski definition) is 1. The molecular formula is C15H11BrN2O4S. The molecule has 1 aliphatic heterocycles. The van der Waals surface area contributed by atoms with Crippen molar-refractivity contribution in [2.24, 2.45) is 0 Å². The molecule has 0 aliphatic carbocycles. The van der Waals surface area contributed by atoms with Crippen molar-refractivity contribution in [3.63, 3.8) is 0 Å². The summed E-state index contributed by atoms with van der Waals surface area (Å²) >= 11 is 3.31. The number of nitrogens with one attached hydrogen (secondary N) is 1. The van der Waals surface area contributed by atoms with E-state index in [1.54, 1.807) is 24.3 Å². The number of sulfonamides is 1. The number of rotatable bonds is 2. The zero-order valence-electron chi connectivity index (χ0n) is 11.7. The summed E-state index contributed by atoms with van der Waals surface area (Å²) in [5, 5.41) is 2.46. The lowest BCUT2D eigenvalue weighted by Gasteiger charge is -2.14. The summed E-state index contributed by atoms with van der Waals surface area (Å²) in [6, 6.07) is 12.0. The van der Waals surface area contributed by atoms with Gasteiger partial charge in [0.2, 0.25) is 0 Å². The third-order valence-corrected chi connectivity index (χ3v) is 5.55. The smallest absolute Gasteiger partial charge is 0.333 e. The zero-order valence-corrected chi connectivity index (χ0v) is 14.1. The number of benzene rings is 2. The number of halogens is 1. The normalized spacial score (nSPS) is 15.3. The second kappa shape index (κ2) is 5.78. The lowest BCUT2D eigenvalue weighted by atomic mass is 10.2. The second-order valence-corrected chi connectivity index (χ2v) is 7.53. The van der Waals surface area contributed by atoms with Gasteiger partial charge in [0.15, 0.2) is 0 Å². The number of hydrogen-bond acceptors (Lipinski definition) is 4. The van der Waals surface area contributed by atoms with Crippen molar-refractivity contribution in [1.82, 2.24) is 9.62 Å². The number of imide groups is 1. The van der Waals surface area contributed by atoms with E-state index in [1.807, 2.05) is 6.07 Å². The Morgan fingerprint density at radius 2 is 1.87 bits per heavy atom. The van der Waals surface area contributed by atoms with Gasteiger partial charge in [-0.1, -0.05) is 40.2 Å². The van der Waals surface area contributed by atoms with Crippen molar-refractivity contribution in [3.05, 3.63) is 64.1 Å². The lowest BCUT2D eigenvalue weighted by molar-refractivity contribution is 0.0893. The van der Waals surface area contributed by atoms with Crippen molar-refractivity contribution >= 4 is 37.9 Å². The van der Waals surface area contributed by atoms with E-state index >= 15 is 0 Å². The van der Waals surface area contributed by atoms with Crippen molar-refractivity contribution in [3.8, 4) is 0 Å². The second-order valence-electron chi connectivity index (χ2n) is 4.86. The van der Waals surface area contributed by atoms with E-state index in [2.05, 4.69) is 21.2 Å². The molecular weight excluding hydrogens is 384 g/mol. The number of urea groups is 1. The standard InChI is InChI=1S/C15H11BrN2O4S/c16-11-5-3-4-10(8-11)9-17-15(20)18-14(19)12-6-1-2-7-13(12)23(18,21)22/h1-8H,9H2,(H,17,20). The van der Waals surface area contributed by atoms with Gasteiger partial charge in [0.1, 0.15) is 4.90 Å². The van der Waals surface area contributed by atoms with Crippen LogP contribution in [0.2, 0.25) is 0 Å². The molecule has 0 atom stereocenters. The third-order valence-electron chi connectivity index (χ3n) is 3.34. The van der Waals surface area contributed by atoms with Crippen LogP contribution in [0, 0.1) is 0 Å². The number of carbonyl (C=O) groups is 2. The van der Waals surface area contributed by atoms with Crippen molar-refractivity contribution in [2.75, 3.05) is 0 Å². The fraction of sp³-hybridized carbons (Fsp3) is 0.0667. The summed E-state index contributed by atoms with van der Waals surface area (Å²) in [5.41, 5.74) is 0.777. The monoisotopic (exact) mass is 394 g/mol. The summed E-state index contributed by atoms with van der Waals surface area (Å²) in [4.78, 5) is 24.2. The van der Waals surface area contributed by atoms with E-state index in [1.165, 1.54) is 18.2 Å². The molecule has 118 valence electrons. The van der Waals surface area contributed by atoms with Gasteiger partial charge in [-0.25, -0.2) is 13.2 Å². The highest BCUT2D eigenvalue weighted by molar-refractivity contribution is 9.10. The molecule has 2 aromatic carbocycles. The fourth-order valence-electron chi connectivity index (χ4n) is 2.28. The zero-order chi connectivity index (χ0) is 16.6. The Bertz CT molecular complexity index is 911. The van der Waals surface area contributed by atoms with E-state index in [-0.39, 0.29) is 21.3 Å². The van der Waals surface area contributed by atoms with E-state index in [4.69, 9.17) is 0 Å². The first-order valence-corrected chi connectivity index (χ1v) is 8.85. The van der Waals surface area contributed by atoms with Gasteiger partial charge in [-0.3, -0.25) is 4.79 Å². The first-order valence-electron chi connectivity index (χ1n) is 6.62. The van der Waals surface area contributed by atoms with Crippen LogP contribution >= 0.6 is 15.9 Å². The summed E-state index contributed by atoms with van der Waals surface area (Å²) in [7, 11) is -4.14. The molecule has 1 aliphatic rings. The Morgan fingerprint density at radius 1 is 1.13 bits per heavy atom. The number of fused-ring (bicyclic) bond motifs is 1. The van der Waals surface area contributed by atoms with Crippen LogP contribution < -0.4 is 5.32 Å². The van der Waals surface area contributed by atoms with Gasteiger partial charge in [0.05, 0.1) is 5.56 Å². The molecule has 0 aromatic heterocycles. The largest absolute Gasteiger partial charge is 0.339 e. The molecule has 3 rings (SSSR count). The molecule has 0 unspecified atom stereocenters. The number of amides is 3. The molecule has 2 aromatic rings. The molecule has 0 saturated heterocycles. The molecule has 0 bridgehead atoms. The van der Waals surface area contributed by atoms with Crippen LogP contribution in [0.15, 0.2) is 57.9 Å². The van der Waals surface area contributed by atoms with Gasteiger partial charge in [0.25, 0.3) is 15.9 Å². The first kappa shape index (κ1) is 15.7. The minimum atomic E-state index is -4.14. The number of carbonyl (C=O) groups excluding carboxylic acids is 2. The van der Waals surface area contributed by atoms with Crippen molar-refractivity contribution < 1.29 is 18.0 Å². The van der Waals surface area contributed by atoms with Crippen LogP contribution in [-0.2, 0) is 16.6 Å². The van der Waals surface area contributed by atoms with Crippen LogP contribution in [-0.4, -0.2) is 24.7 Å². The van der Waals surface area contributed by atoms with E-state index < -0.39 is 22.0 Å². The summed E-state index contributed by atoms with van der Waals surface area (Å²) in [6.07, 6.45) is 0. The maximum Gasteiger partial charge on any atom is 0.339 e. The Morgan fingerprint density at radius 3 is 2.57 bits per heavy atom. The Hall–Kier alpha value is -2.19. The van der Waals surface area contributed by atoms with Crippen LogP contribution in [0.1, 0.15) is 15.9 Å². The molecule has 1 N–H and O–H groups in total. The van der Waals surface area contributed by atoms with Crippen molar-refractivity contribution in [1.29, 1.82) is 0 Å². The topological polar surface area (TPSA) is 83.6 Å². The minimum absolute atomic E-state index is 0.00473. The average Bonchev–Trinajstić information content (AvgIpc) is 2.72. The highest BCUT2D eigenvalue weighted by atomic mass is 79.9. The van der Waals surface area contributed by atoms with E-state index in [0.717, 1.165) is 10.0 Å². The van der Waals surface area contributed by atoms with Gasteiger partial charge in [-0.15, -0.1) is 4.31 Å². The molecule has 0 radical (unpaired) electrons. The van der Waals surface area contributed by atoms with Crippen LogP contribution in [0.5, 0.6) is 0 Å². The summed E-state index contributed by atoms with van der Waals surface area (Å²) < 4.78 is 25.8. The predicted octanol–water partition coefficient (Wildman–Crippen LogP) is 2.50. The van der Waals surface area contributed by atoms with E-state index in [0.29, 0.717) is 0 Å². The van der Waals surface area contributed by atoms with Gasteiger partial charge in [-0.2, -0.15) is 0 Å². The summed E-state index contributed by atoms with van der Waals surface area (Å²) in [6.45, 7) is 0.105. The highest BCUT2D eigenvalue weighted by Crippen LogP contribution is 2.29. The molecule has 1 heterocycles. The molecule has 0 saturated carbocycles. The Balaban J connectivity index is 1.82. The maximum absolute atomic E-state index is 12.3. The molecule has 3 amide bonds. The maximum atomic E-state index is 12.3. The van der Waals surface area contributed by atoms with Gasteiger partial charge in [0, 0.05) is 11.0 Å². The molecule has 0 spiro atoms. The molecule has 0 fully saturated rings. The minimum Gasteiger partial charge on any atom is -0.333 e. The SMILES string of the molecule is O=C(NCc1cccc(Br)c1)N1C(=O)c2ccccc2S1(=O)=O. The van der Waals surface area contributed by atoms with Crippen LogP contribution in [0.25, 0.3) is 0 Å². The average molecular weight is 395 g/mol. The predicted molar refractivity (Wildman–Crippen MR) is 86.2 cm³/mol.